The zero-order valence-electron chi connectivity index (χ0n) is 11.5. The van der Waals surface area contributed by atoms with E-state index in [1.54, 1.807) is 6.92 Å². The Labute approximate surface area is 113 Å². The quantitative estimate of drug-likeness (QED) is 0.610. The van der Waals surface area contributed by atoms with E-state index in [2.05, 4.69) is 6.07 Å². The fourth-order valence-electron chi connectivity index (χ4n) is 2.56. The molecule has 0 amide bonds. The summed E-state index contributed by atoms with van der Waals surface area (Å²) in [7, 11) is 0. The van der Waals surface area contributed by atoms with E-state index in [0.717, 1.165) is 19.3 Å². The first kappa shape index (κ1) is 15.5. The van der Waals surface area contributed by atoms with Crippen molar-refractivity contribution in [3.63, 3.8) is 0 Å². The maximum atomic E-state index is 12.1. The summed E-state index contributed by atoms with van der Waals surface area (Å²) in [5.74, 6) is -3.39. The second-order valence-electron chi connectivity index (χ2n) is 5.26. The zero-order valence-corrected chi connectivity index (χ0v) is 11.5. The van der Waals surface area contributed by atoms with Crippen LogP contribution in [0.3, 0.4) is 0 Å². The summed E-state index contributed by atoms with van der Waals surface area (Å²) >= 11 is 0. The molecule has 0 heterocycles. The average Bonchev–Trinajstić information content (AvgIpc) is 2.39. The van der Waals surface area contributed by atoms with E-state index in [9.17, 15) is 20.0 Å². The van der Waals surface area contributed by atoms with Gasteiger partial charge < -0.3 is 9.84 Å². The fraction of sp³-hybridized carbons (Fsp3) is 0.786. The number of nitriles is 1. The molecule has 0 saturated heterocycles. The minimum Gasteiger partial charge on any atom is -0.481 e. The molecule has 2 atom stereocenters. The third-order valence-corrected chi connectivity index (χ3v) is 3.90. The Morgan fingerprint density at radius 1 is 1.37 bits per heavy atom. The van der Waals surface area contributed by atoms with Crippen LogP contribution in [-0.4, -0.2) is 23.1 Å². The molecule has 1 N–H and O–H groups in total. The van der Waals surface area contributed by atoms with Crippen LogP contribution in [0.4, 0.5) is 0 Å². The van der Waals surface area contributed by atoms with Gasteiger partial charge in [0.1, 0.15) is 0 Å². The monoisotopic (exact) mass is 267 g/mol. The molecule has 0 aromatic carbocycles. The number of aliphatic carboxylic acids is 1. The van der Waals surface area contributed by atoms with E-state index in [1.807, 2.05) is 6.92 Å². The molecule has 2 unspecified atom stereocenters. The molecule has 0 aliphatic heterocycles. The van der Waals surface area contributed by atoms with Crippen molar-refractivity contribution in [3.05, 3.63) is 0 Å². The van der Waals surface area contributed by atoms with Crippen LogP contribution in [0.15, 0.2) is 0 Å². The third-order valence-electron chi connectivity index (χ3n) is 3.90. The van der Waals surface area contributed by atoms with Gasteiger partial charge in [-0.05, 0) is 26.2 Å². The highest BCUT2D eigenvalue weighted by atomic mass is 16.5. The predicted octanol–water partition coefficient (Wildman–Crippen LogP) is 2.50. The lowest BCUT2D eigenvalue weighted by molar-refractivity contribution is -0.167. The summed E-state index contributed by atoms with van der Waals surface area (Å²) in [6.45, 7) is 3.57. The fourth-order valence-corrected chi connectivity index (χ4v) is 2.56. The number of ether oxygens (including phenoxy) is 1. The molecule has 1 aliphatic carbocycles. The number of carbonyl (C=O) groups is 2. The number of hydrogen-bond acceptors (Lipinski definition) is 4. The first-order chi connectivity index (χ1) is 8.96. The number of rotatable bonds is 5. The molecule has 1 saturated carbocycles. The smallest absolute Gasteiger partial charge is 0.322 e. The Morgan fingerprint density at radius 3 is 2.37 bits per heavy atom. The first-order valence-electron chi connectivity index (χ1n) is 6.81. The van der Waals surface area contributed by atoms with E-state index < -0.39 is 23.3 Å². The van der Waals surface area contributed by atoms with Crippen LogP contribution in [-0.2, 0) is 14.3 Å². The molecule has 5 nitrogen and oxygen atoms in total. The highest BCUT2D eigenvalue weighted by molar-refractivity contribution is 5.95. The Kier molecular flexibility index (Phi) is 5.34. The van der Waals surface area contributed by atoms with Crippen LogP contribution in [0.2, 0.25) is 0 Å². The van der Waals surface area contributed by atoms with Crippen molar-refractivity contribution in [1.29, 1.82) is 5.26 Å². The number of carboxylic acid groups (broad SMARTS) is 1. The van der Waals surface area contributed by atoms with Crippen LogP contribution in [0.1, 0.15) is 52.4 Å². The van der Waals surface area contributed by atoms with Crippen LogP contribution < -0.4 is 0 Å². The van der Waals surface area contributed by atoms with Crippen molar-refractivity contribution >= 4 is 11.9 Å². The van der Waals surface area contributed by atoms with Crippen LogP contribution in [0, 0.1) is 22.7 Å². The minimum atomic E-state index is -1.37. The van der Waals surface area contributed by atoms with Crippen LogP contribution in [0.25, 0.3) is 0 Å². The number of carboxylic acids is 1. The summed E-state index contributed by atoms with van der Waals surface area (Å²) in [6, 6.07) is 2.09. The van der Waals surface area contributed by atoms with Gasteiger partial charge in [-0.3, -0.25) is 9.59 Å². The summed E-state index contributed by atoms with van der Waals surface area (Å²) in [4.78, 5) is 23.5. The normalized spacial score (nSPS) is 20.9. The van der Waals surface area contributed by atoms with Gasteiger partial charge in [-0.2, -0.15) is 5.26 Å². The maximum absolute atomic E-state index is 12.1. The van der Waals surface area contributed by atoms with Crippen molar-refractivity contribution < 1.29 is 19.4 Å². The van der Waals surface area contributed by atoms with Crippen molar-refractivity contribution in [2.24, 2.45) is 11.3 Å². The lowest BCUT2D eigenvalue weighted by Crippen LogP contribution is -2.43. The number of esters is 1. The predicted molar refractivity (Wildman–Crippen MR) is 68.1 cm³/mol. The number of hydrogen-bond donors (Lipinski definition) is 1. The Hall–Kier alpha value is -1.57. The lowest BCUT2D eigenvalue weighted by atomic mass is 9.66. The second-order valence-corrected chi connectivity index (χ2v) is 5.26. The standard InChI is InChI=1S/C14H21NO4/c1-3-10(2)19-13(18)11(12(16)17)14(9-15)7-5-4-6-8-14/h10-11H,3-8H2,1-2H3,(H,16,17). The topological polar surface area (TPSA) is 87.4 Å². The summed E-state index contributed by atoms with van der Waals surface area (Å²) < 4.78 is 5.13. The molecule has 0 radical (unpaired) electrons. The zero-order chi connectivity index (χ0) is 14.5. The van der Waals surface area contributed by atoms with E-state index >= 15 is 0 Å². The highest BCUT2D eigenvalue weighted by Crippen LogP contribution is 2.43. The van der Waals surface area contributed by atoms with Gasteiger partial charge in [0, 0.05) is 0 Å². The van der Waals surface area contributed by atoms with Gasteiger partial charge in [-0.1, -0.05) is 26.2 Å². The van der Waals surface area contributed by atoms with Gasteiger partial charge in [-0.25, -0.2) is 0 Å². The summed E-state index contributed by atoms with van der Waals surface area (Å²) in [6.07, 6.45) is 3.76. The van der Waals surface area contributed by atoms with Crippen LogP contribution in [0.5, 0.6) is 0 Å². The Morgan fingerprint density at radius 2 is 1.95 bits per heavy atom. The van der Waals surface area contributed by atoms with Crippen molar-refractivity contribution in [2.45, 2.75) is 58.5 Å². The molecule has 5 heteroatoms. The van der Waals surface area contributed by atoms with E-state index in [1.165, 1.54) is 0 Å². The van der Waals surface area contributed by atoms with Crippen molar-refractivity contribution in [3.8, 4) is 6.07 Å². The molecule has 1 fully saturated rings. The summed E-state index contributed by atoms with van der Waals surface area (Å²) in [5.41, 5.74) is -1.10. The molecular formula is C14H21NO4. The van der Waals surface area contributed by atoms with E-state index in [0.29, 0.717) is 19.3 Å². The molecule has 1 aliphatic rings. The first-order valence-corrected chi connectivity index (χ1v) is 6.81. The molecule has 0 spiro atoms. The van der Waals surface area contributed by atoms with Gasteiger partial charge in [-0.15, -0.1) is 0 Å². The molecular weight excluding hydrogens is 246 g/mol. The molecule has 1 rings (SSSR count). The molecule has 19 heavy (non-hydrogen) atoms. The SMILES string of the molecule is CCC(C)OC(=O)C(C(=O)O)C1(C#N)CCCCC1. The van der Waals surface area contributed by atoms with Gasteiger partial charge >= 0.3 is 11.9 Å². The average molecular weight is 267 g/mol. The number of carbonyl (C=O) groups excluding carboxylic acids is 1. The van der Waals surface area contributed by atoms with Crippen LogP contribution >= 0.6 is 0 Å². The largest absolute Gasteiger partial charge is 0.481 e. The molecule has 0 aromatic rings. The molecule has 0 aromatic heterocycles. The van der Waals surface area contributed by atoms with Crippen molar-refractivity contribution in [1.82, 2.24) is 0 Å². The van der Waals surface area contributed by atoms with Gasteiger partial charge in [0.2, 0.25) is 0 Å². The van der Waals surface area contributed by atoms with Gasteiger partial charge in [0.15, 0.2) is 5.92 Å². The highest BCUT2D eigenvalue weighted by Gasteiger charge is 2.50. The van der Waals surface area contributed by atoms with Gasteiger partial charge in [0.05, 0.1) is 17.6 Å². The van der Waals surface area contributed by atoms with E-state index in [-0.39, 0.29) is 6.10 Å². The second kappa shape index (κ2) is 6.55. The maximum Gasteiger partial charge on any atom is 0.322 e. The van der Waals surface area contributed by atoms with Crippen molar-refractivity contribution in [2.75, 3.05) is 0 Å². The van der Waals surface area contributed by atoms with Gasteiger partial charge in [0.25, 0.3) is 0 Å². The minimum absolute atomic E-state index is 0.325. The third kappa shape index (κ3) is 3.46. The Bertz CT molecular complexity index is 379. The van der Waals surface area contributed by atoms with E-state index in [4.69, 9.17) is 4.74 Å². The Balaban J connectivity index is 2.95. The number of nitrogens with zero attached hydrogens (tertiary/aromatic N) is 1. The molecule has 106 valence electrons. The summed E-state index contributed by atoms with van der Waals surface area (Å²) in [5, 5.41) is 18.7. The molecule has 0 bridgehead atoms. The lowest BCUT2D eigenvalue weighted by Gasteiger charge is -2.34.